The molecule has 0 N–H and O–H groups in total. The maximum atomic E-state index is 12.8. The monoisotopic (exact) mass is 335 g/mol. The molecule has 1 aromatic rings. The Morgan fingerprint density at radius 1 is 1.43 bits per heavy atom. The number of morpholine rings is 1. The molecule has 0 bridgehead atoms. The van der Waals surface area contributed by atoms with Gasteiger partial charge in [0.15, 0.2) is 0 Å². The number of rotatable bonds is 4. The predicted octanol–water partition coefficient (Wildman–Crippen LogP) is 1.55. The smallest absolute Gasteiger partial charge is 0.241 e. The molecule has 0 unspecified atom stereocenters. The van der Waals surface area contributed by atoms with Crippen molar-refractivity contribution in [2.75, 3.05) is 37.7 Å². The van der Waals surface area contributed by atoms with Crippen molar-refractivity contribution in [3.05, 3.63) is 18.3 Å². The molecular formula is C16H21N3O3S. The molecule has 7 heteroatoms. The summed E-state index contributed by atoms with van der Waals surface area (Å²) in [6.45, 7) is 5.06. The number of amides is 2. The zero-order valence-electron chi connectivity index (χ0n) is 13.2. The number of hydrogen-bond acceptors (Lipinski definition) is 5. The van der Waals surface area contributed by atoms with Gasteiger partial charge in [-0.25, -0.2) is 4.98 Å². The second-order valence-corrected chi connectivity index (χ2v) is 6.81. The average molecular weight is 335 g/mol. The number of nitrogens with zero attached hydrogens (tertiary/aromatic N) is 3. The number of thioether (sulfide) groups is 1. The lowest BCUT2D eigenvalue weighted by atomic mass is 10.2. The minimum Gasteiger partial charge on any atom is -0.378 e. The molecule has 0 aliphatic carbocycles. The highest BCUT2D eigenvalue weighted by atomic mass is 32.2. The third-order valence-corrected chi connectivity index (χ3v) is 5.20. The van der Waals surface area contributed by atoms with Crippen LogP contribution in [-0.2, 0) is 14.3 Å². The Labute approximate surface area is 140 Å². The second-order valence-electron chi connectivity index (χ2n) is 5.62. The first-order chi connectivity index (χ1) is 11.2. The summed E-state index contributed by atoms with van der Waals surface area (Å²) in [6.07, 6.45) is 2.82. The topological polar surface area (TPSA) is 62.7 Å². The average Bonchev–Trinajstić information content (AvgIpc) is 2.59. The van der Waals surface area contributed by atoms with E-state index in [4.69, 9.17) is 4.74 Å². The molecule has 0 spiro atoms. The van der Waals surface area contributed by atoms with E-state index in [9.17, 15) is 9.59 Å². The quantitative estimate of drug-likeness (QED) is 0.835. The molecule has 0 radical (unpaired) electrons. The normalized spacial score (nSPS) is 21.3. The van der Waals surface area contributed by atoms with Crippen LogP contribution >= 0.6 is 11.8 Å². The fraction of sp³-hybridized carbons (Fsp3) is 0.562. The van der Waals surface area contributed by atoms with E-state index in [2.05, 4.69) is 4.98 Å². The van der Waals surface area contributed by atoms with E-state index < -0.39 is 0 Å². The van der Waals surface area contributed by atoms with E-state index in [0.29, 0.717) is 32.8 Å². The Bertz CT molecular complexity index is 590. The molecular weight excluding hydrogens is 314 g/mol. The Hall–Kier alpha value is -1.60. The first kappa shape index (κ1) is 16.3. The lowest BCUT2D eigenvalue weighted by molar-refractivity contribution is -0.136. The summed E-state index contributed by atoms with van der Waals surface area (Å²) in [7, 11) is 0. The molecule has 1 atom stereocenters. The largest absolute Gasteiger partial charge is 0.378 e. The maximum Gasteiger partial charge on any atom is 0.241 e. The fourth-order valence-corrected chi connectivity index (χ4v) is 3.98. The molecule has 1 saturated heterocycles. The Morgan fingerprint density at radius 2 is 2.22 bits per heavy atom. The zero-order valence-corrected chi connectivity index (χ0v) is 14.1. The first-order valence-electron chi connectivity index (χ1n) is 7.99. The molecule has 1 aromatic heterocycles. The molecule has 2 aliphatic rings. The van der Waals surface area contributed by atoms with Crippen LogP contribution in [0.5, 0.6) is 0 Å². The van der Waals surface area contributed by atoms with Crippen LogP contribution in [0, 0.1) is 0 Å². The van der Waals surface area contributed by atoms with Crippen LogP contribution in [0.4, 0.5) is 5.69 Å². The molecule has 1 fully saturated rings. The summed E-state index contributed by atoms with van der Waals surface area (Å²) in [5, 5.41) is 0.444. The van der Waals surface area contributed by atoms with Crippen LogP contribution in [0.1, 0.15) is 19.8 Å². The van der Waals surface area contributed by atoms with Gasteiger partial charge in [0.1, 0.15) is 5.03 Å². The van der Waals surface area contributed by atoms with Gasteiger partial charge in [-0.05, 0) is 18.6 Å². The molecule has 3 heterocycles. The Kier molecular flexibility index (Phi) is 5.17. The maximum absolute atomic E-state index is 12.8. The number of aromatic nitrogens is 1. The molecule has 0 saturated carbocycles. The van der Waals surface area contributed by atoms with Crippen LogP contribution in [0.2, 0.25) is 0 Å². The predicted molar refractivity (Wildman–Crippen MR) is 88.5 cm³/mol. The van der Waals surface area contributed by atoms with Crippen LogP contribution in [0.25, 0.3) is 0 Å². The Balaban J connectivity index is 1.75. The van der Waals surface area contributed by atoms with Gasteiger partial charge in [-0.3, -0.25) is 9.59 Å². The van der Waals surface area contributed by atoms with Gasteiger partial charge in [-0.15, -0.1) is 0 Å². The van der Waals surface area contributed by atoms with E-state index >= 15 is 0 Å². The highest BCUT2D eigenvalue weighted by molar-refractivity contribution is 8.00. The summed E-state index contributed by atoms with van der Waals surface area (Å²) in [6, 6.07) is 3.76. The third kappa shape index (κ3) is 3.50. The van der Waals surface area contributed by atoms with Crippen molar-refractivity contribution in [1.29, 1.82) is 0 Å². The van der Waals surface area contributed by atoms with E-state index in [-0.39, 0.29) is 23.5 Å². The highest BCUT2D eigenvalue weighted by Crippen LogP contribution is 2.38. The SMILES string of the molecule is CCCN1C(=O)[C@@H](CC(=O)N2CCOCC2)Sc2ncccc21. The van der Waals surface area contributed by atoms with Gasteiger partial charge in [-0.2, -0.15) is 0 Å². The van der Waals surface area contributed by atoms with Crippen molar-refractivity contribution in [3.8, 4) is 0 Å². The lowest BCUT2D eigenvalue weighted by Crippen LogP contribution is -2.46. The van der Waals surface area contributed by atoms with Crippen molar-refractivity contribution in [2.45, 2.75) is 30.0 Å². The summed E-state index contributed by atoms with van der Waals surface area (Å²) in [5.74, 6) is 0.0361. The second kappa shape index (κ2) is 7.31. The Morgan fingerprint density at radius 3 is 2.96 bits per heavy atom. The molecule has 2 amide bonds. The van der Waals surface area contributed by atoms with Gasteiger partial charge in [-0.1, -0.05) is 18.7 Å². The lowest BCUT2D eigenvalue weighted by Gasteiger charge is -2.34. The number of anilines is 1. The van der Waals surface area contributed by atoms with Gasteiger partial charge in [0.05, 0.1) is 24.2 Å². The van der Waals surface area contributed by atoms with Gasteiger partial charge < -0.3 is 14.5 Å². The van der Waals surface area contributed by atoms with Crippen LogP contribution in [-0.4, -0.2) is 59.8 Å². The molecule has 6 nitrogen and oxygen atoms in total. The molecule has 3 rings (SSSR count). The molecule has 2 aliphatic heterocycles. The standard InChI is InChI=1S/C16H21N3O3S/c1-2-6-19-12-4-3-5-17-15(12)23-13(16(19)21)11-14(20)18-7-9-22-10-8-18/h3-5,13H,2,6-11H2,1H3/t13-/m1/s1. The number of fused-ring (bicyclic) bond motifs is 1. The van der Waals surface area contributed by atoms with E-state index in [1.807, 2.05) is 19.1 Å². The number of carbonyl (C=O) groups excluding carboxylic acids is 2. The summed E-state index contributed by atoms with van der Waals surface area (Å²) >= 11 is 1.41. The number of ether oxygens (including phenoxy) is 1. The summed E-state index contributed by atoms with van der Waals surface area (Å²) in [5.41, 5.74) is 0.861. The molecule has 0 aromatic carbocycles. The third-order valence-electron chi connectivity index (χ3n) is 4.01. The van der Waals surface area contributed by atoms with E-state index in [0.717, 1.165) is 17.1 Å². The van der Waals surface area contributed by atoms with Gasteiger partial charge in [0.25, 0.3) is 0 Å². The van der Waals surface area contributed by atoms with Crippen molar-refractivity contribution >= 4 is 29.3 Å². The zero-order chi connectivity index (χ0) is 16.2. The summed E-state index contributed by atoms with van der Waals surface area (Å²) in [4.78, 5) is 33.2. The van der Waals surface area contributed by atoms with Crippen molar-refractivity contribution < 1.29 is 14.3 Å². The molecule has 23 heavy (non-hydrogen) atoms. The van der Waals surface area contributed by atoms with Crippen molar-refractivity contribution in [1.82, 2.24) is 9.88 Å². The van der Waals surface area contributed by atoms with Crippen LogP contribution in [0.3, 0.4) is 0 Å². The minimum absolute atomic E-state index is 0.0129. The van der Waals surface area contributed by atoms with Crippen LogP contribution in [0.15, 0.2) is 23.4 Å². The highest BCUT2D eigenvalue weighted by Gasteiger charge is 2.36. The van der Waals surface area contributed by atoms with Crippen molar-refractivity contribution in [3.63, 3.8) is 0 Å². The van der Waals surface area contributed by atoms with Gasteiger partial charge in [0.2, 0.25) is 11.8 Å². The minimum atomic E-state index is -0.390. The fourth-order valence-electron chi connectivity index (χ4n) is 2.84. The number of carbonyl (C=O) groups is 2. The summed E-state index contributed by atoms with van der Waals surface area (Å²) < 4.78 is 5.27. The first-order valence-corrected chi connectivity index (χ1v) is 8.87. The van der Waals surface area contributed by atoms with E-state index in [1.165, 1.54) is 11.8 Å². The van der Waals surface area contributed by atoms with Gasteiger partial charge in [0, 0.05) is 32.3 Å². The van der Waals surface area contributed by atoms with E-state index in [1.54, 1.807) is 16.0 Å². The van der Waals surface area contributed by atoms with Crippen LogP contribution < -0.4 is 4.90 Å². The molecule has 124 valence electrons. The number of pyridine rings is 1. The van der Waals surface area contributed by atoms with Crippen molar-refractivity contribution in [2.24, 2.45) is 0 Å². The number of hydrogen-bond donors (Lipinski definition) is 0. The van der Waals surface area contributed by atoms with Gasteiger partial charge >= 0.3 is 0 Å².